The summed E-state index contributed by atoms with van der Waals surface area (Å²) in [6.07, 6.45) is 6.63. The van der Waals surface area contributed by atoms with Crippen LogP contribution in [0.1, 0.15) is 71.4 Å². The number of hydrogen-bond acceptors (Lipinski definition) is 10. The smallest absolute Gasteiger partial charge is 0.262 e. The highest BCUT2D eigenvalue weighted by Gasteiger charge is 2.45. The molecule has 0 radical (unpaired) electrons. The molecule has 0 spiro atoms. The minimum atomic E-state index is -0.987. The summed E-state index contributed by atoms with van der Waals surface area (Å²) in [6, 6.07) is 24.1. The van der Waals surface area contributed by atoms with Crippen molar-refractivity contribution in [3.63, 3.8) is 0 Å². The van der Waals surface area contributed by atoms with Crippen molar-refractivity contribution in [1.82, 2.24) is 30.2 Å². The molecular formula is C39H35N7O6. The van der Waals surface area contributed by atoms with Crippen molar-refractivity contribution < 1.29 is 28.7 Å². The quantitative estimate of drug-likeness (QED) is 0.186. The topological polar surface area (TPSA) is 158 Å². The van der Waals surface area contributed by atoms with Crippen molar-refractivity contribution >= 4 is 29.3 Å². The Kier molecular flexibility index (Phi) is 8.25. The molecule has 2 aromatic heterocycles. The lowest BCUT2D eigenvalue weighted by atomic mass is 9.78. The molecule has 2 N–H and O–H groups in total. The average molecular weight is 698 g/mol. The number of aromatic nitrogens is 4. The fraction of sp³-hybridized carbons (Fsp3) is 0.256. The van der Waals surface area contributed by atoms with E-state index in [4.69, 9.17) is 9.47 Å². The third-order valence-corrected chi connectivity index (χ3v) is 9.94. The van der Waals surface area contributed by atoms with Crippen LogP contribution in [0, 0.1) is 0 Å². The number of amides is 4. The number of nitrogens with zero attached hydrogens (tertiary/aromatic N) is 5. The van der Waals surface area contributed by atoms with E-state index >= 15 is 0 Å². The maximum absolute atomic E-state index is 13.2. The van der Waals surface area contributed by atoms with E-state index in [1.807, 2.05) is 30.3 Å². The zero-order valence-electron chi connectivity index (χ0n) is 28.5. The first-order valence-electron chi connectivity index (χ1n) is 17.1. The molecule has 2 fully saturated rings. The minimum absolute atomic E-state index is 0.0400. The number of benzene rings is 3. The average Bonchev–Trinajstić information content (AvgIpc) is 3.75. The SMILES string of the molecule is CC(C)(c1ccc(Oc2ccc(-n3nccn3)nc2)cc1)c1ccc(OC2CC(Nc3ccc4c(c3)C(=O)N(C3CCC(=O)NC3=O)C4=O)C2)cc1. The number of imide groups is 2. The molecule has 4 amide bonds. The molecule has 2 aliphatic heterocycles. The summed E-state index contributed by atoms with van der Waals surface area (Å²) < 4.78 is 12.3. The summed E-state index contributed by atoms with van der Waals surface area (Å²) >= 11 is 0. The molecule has 1 saturated carbocycles. The van der Waals surface area contributed by atoms with E-state index < -0.39 is 29.7 Å². The molecule has 1 unspecified atom stereocenters. The molecule has 3 aromatic carbocycles. The van der Waals surface area contributed by atoms with Crippen molar-refractivity contribution in [3.05, 3.63) is 120 Å². The van der Waals surface area contributed by atoms with Crippen LogP contribution < -0.4 is 20.1 Å². The van der Waals surface area contributed by atoms with Crippen molar-refractivity contribution in [2.75, 3.05) is 5.32 Å². The number of piperidine rings is 1. The van der Waals surface area contributed by atoms with Gasteiger partial charge in [0.25, 0.3) is 11.8 Å². The van der Waals surface area contributed by atoms with E-state index in [0.717, 1.165) is 40.3 Å². The van der Waals surface area contributed by atoms with E-state index in [2.05, 4.69) is 63.9 Å². The van der Waals surface area contributed by atoms with Gasteiger partial charge < -0.3 is 14.8 Å². The Hall–Kier alpha value is -6.37. The van der Waals surface area contributed by atoms with Gasteiger partial charge in [0.1, 0.15) is 29.4 Å². The molecule has 1 atom stereocenters. The van der Waals surface area contributed by atoms with Gasteiger partial charge in [0.2, 0.25) is 11.8 Å². The van der Waals surface area contributed by atoms with Crippen LogP contribution in [0.4, 0.5) is 5.69 Å². The number of carbonyl (C=O) groups is 4. The Morgan fingerprint density at radius 1 is 0.788 bits per heavy atom. The highest BCUT2D eigenvalue weighted by atomic mass is 16.5. The first-order valence-corrected chi connectivity index (χ1v) is 17.1. The second-order valence-electron chi connectivity index (χ2n) is 13.7. The summed E-state index contributed by atoms with van der Waals surface area (Å²) in [5.41, 5.74) is 3.25. The van der Waals surface area contributed by atoms with Gasteiger partial charge in [-0.25, -0.2) is 4.98 Å². The molecule has 13 nitrogen and oxygen atoms in total. The van der Waals surface area contributed by atoms with E-state index in [1.54, 1.807) is 42.9 Å². The number of carbonyl (C=O) groups excluding carboxylic acids is 4. The lowest BCUT2D eigenvalue weighted by Crippen LogP contribution is -2.54. The van der Waals surface area contributed by atoms with E-state index in [-0.39, 0.29) is 41.5 Å². The van der Waals surface area contributed by atoms with E-state index in [1.165, 1.54) is 4.80 Å². The number of hydrogen-bond donors (Lipinski definition) is 2. The third kappa shape index (κ3) is 6.25. The van der Waals surface area contributed by atoms with Crippen LogP contribution in [0.5, 0.6) is 17.2 Å². The van der Waals surface area contributed by atoms with Gasteiger partial charge in [0.15, 0.2) is 5.82 Å². The van der Waals surface area contributed by atoms with Crippen molar-refractivity contribution in [2.45, 2.75) is 63.1 Å². The Balaban J connectivity index is 0.831. The van der Waals surface area contributed by atoms with Gasteiger partial charge in [-0.05, 0) is 72.1 Å². The van der Waals surface area contributed by atoms with Gasteiger partial charge in [-0.3, -0.25) is 29.4 Å². The zero-order chi connectivity index (χ0) is 36.0. The fourth-order valence-corrected chi connectivity index (χ4v) is 6.85. The summed E-state index contributed by atoms with van der Waals surface area (Å²) in [6.45, 7) is 4.36. The highest BCUT2D eigenvalue weighted by Crippen LogP contribution is 2.36. The molecule has 1 aliphatic carbocycles. The van der Waals surface area contributed by atoms with Crippen molar-refractivity contribution in [3.8, 4) is 23.1 Å². The molecule has 8 rings (SSSR count). The normalized spacial score (nSPS) is 19.9. The van der Waals surface area contributed by atoms with Crippen LogP contribution >= 0.6 is 0 Å². The first kappa shape index (κ1) is 32.8. The fourth-order valence-electron chi connectivity index (χ4n) is 6.85. The highest BCUT2D eigenvalue weighted by molar-refractivity contribution is 6.23. The number of anilines is 1. The molecule has 13 heteroatoms. The van der Waals surface area contributed by atoms with Gasteiger partial charge in [0.05, 0.1) is 29.7 Å². The number of rotatable bonds is 10. The number of pyridine rings is 1. The van der Waals surface area contributed by atoms with Crippen LogP contribution in [-0.2, 0) is 15.0 Å². The van der Waals surface area contributed by atoms with Crippen LogP contribution in [0.25, 0.3) is 5.82 Å². The Labute approximate surface area is 298 Å². The maximum Gasteiger partial charge on any atom is 0.262 e. The monoisotopic (exact) mass is 697 g/mol. The van der Waals surface area contributed by atoms with Crippen LogP contribution in [0.15, 0.2) is 97.5 Å². The van der Waals surface area contributed by atoms with Gasteiger partial charge in [-0.2, -0.15) is 10.2 Å². The summed E-state index contributed by atoms with van der Waals surface area (Å²) in [4.78, 5) is 56.9. The first-order chi connectivity index (χ1) is 25.1. The molecular weight excluding hydrogens is 662 g/mol. The van der Waals surface area contributed by atoms with Gasteiger partial charge in [-0.1, -0.05) is 38.1 Å². The number of nitrogens with one attached hydrogen (secondary N) is 2. The van der Waals surface area contributed by atoms with Gasteiger partial charge >= 0.3 is 0 Å². The molecule has 0 bridgehead atoms. The standard InChI is InChI=1S/C39H35N7O6/c1-39(2,23-3-8-27(9-4-23)51-29-12-15-34(40-22-29)46-41-17-18-42-46)24-5-10-28(11-6-24)52-30-19-26(20-30)43-25-7-13-31-32(21-25)38(50)45(37(31)49)33-14-16-35(47)44-36(33)48/h3-13,15,17-18,21-22,26,30,33,43H,14,16,19-20H2,1-2H3,(H,44,47,48). The lowest BCUT2D eigenvalue weighted by Gasteiger charge is -2.36. The van der Waals surface area contributed by atoms with Crippen LogP contribution in [-0.4, -0.2) is 66.7 Å². The summed E-state index contributed by atoms with van der Waals surface area (Å²) in [5.74, 6) is 0.660. The molecule has 52 heavy (non-hydrogen) atoms. The van der Waals surface area contributed by atoms with E-state index in [9.17, 15) is 19.2 Å². The molecule has 5 aromatic rings. The zero-order valence-corrected chi connectivity index (χ0v) is 28.5. The third-order valence-electron chi connectivity index (χ3n) is 9.94. The van der Waals surface area contributed by atoms with Gasteiger partial charge in [0, 0.05) is 36.4 Å². The predicted molar refractivity (Wildman–Crippen MR) is 188 cm³/mol. The summed E-state index contributed by atoms with van der Waals surface area (Å²) in [5, 5.41) is 13.8. The van der Waals surface area contributed by atoms with Crippen molar-refractivity contribution in [2.24, 2.45) is 0 Å². The second kappa shape index (κ2) is 13.1. The number of fused-ring (bicyclic) bond motifs is 1. The van der Waals surface area contributed by atoms with Crippen LogP contribution in [0.3, 0.4) is 0 Å². The number of ether oxygens (including phenoxy) is 2. The molecule has 3 aliphatic rings. The minimum Gasteiger partial charge on any atom is -0.490 e. The molecule has 262 valence electrons. The molecule has 1 saturated heterocycles. The van der Waals surface area contributed by atoms with Crippen LogP contribution in [0.2, 0.25) is 0 Å². The largest absolute Gasteiger partial charge is 0.490 e. The summed E-state index contributed by atoms with van der Waals surface area (Å²) in [7, 11) is 0. The van der Waals surface area contributed by atoms with Crippen molar-refractivity contribution in [1.29, 1.82) is 0 Å². The lowest BCUT2D eigenvalue weighted by molar-refractivity contribution is -0.136. The second-order valence-corrected chi connectivity index (χ2v) is 13.7. The van der Waals surface area contributed by atoms with Gasteiger partial charge in [-0.15, -0.1) is 4.80 Å². The Morgan fingerprint density at radius 3 is 2.10 bits per heavy atom. The Bertz CT molecular complexity index is 2160. The maximum atomic E-state index is 13.2. The molecule has 4 heterocycles. The Morgan fingerprint density at radius 2 is 1.44 bits per heavy atom. The predicted octanol–water partition coefficient (Wildman–Crippen LogP) is 5.20. The van der Waals surface area contributed by atoms with E-state index in [0.29, 0.717) is 17.3 Å².